The van der Waals surface area contributed by atoms with Gasteiger partial charge in [0.15, 0.2) is 0 Å². The molecule has 156 valence electrons. The summed E-state index contributed by atoms with van der Waals surface area (Å²) in [4.78, 5) is 46.3. The maximum Gasteiger partial charge on any atom is 0.257 e. The van der Waals surface area contributed by atoms with Crippen molar-refractivity contribution in [2.24, 2.45) is 0 Å². The number of nitrogens with zero attached hydrogens (tertiary/aromatic N) is 3. The van der Waals surface area contributed by atoms with Crippen molar-refractivity contribution < 1.29 is 14.4 Å². The molecule has 1 atom stereocenters. The highest BCUT2D eigenvalue weighted by atomic mass is 35.5. The van der Waals surface area contributed by atoms with Crippen LogP contribution in [0.5, 0.6) is 0 Å². The molecule has 2 heterocycles. The Bertz CT molecular complexity index is 1130. The van der Waals surface area contributed by atoms with E-state index in [1.54, 1.807) is 54.9 Å². The van der Waals surface area contributed by atoms with E-state index in [0.717, 1.165) is 16.0 Å². The summed E-state index contributed by atoms with van der Waals surface area (Å²) < 4.78 is 0. The van der Waals surface area contributed by atoms with E-state index in [2.05, 4.69) is 4.98 Å². The molecular weight excluding hydrogens is 414 g/mol. The average Bonchev–Trinajstić information content (AvgIpc) is 3.07. The number of carbonyl (C=O) groups is 3. The zero-order valence-electron chi connectivity index (χ0n) is 16.9. The zero-order chi connectivity index (χ0) is 22.0. The third-order valence-corrected chi connectivity index (χ3v) is 5.55. The molecule has 1 unspecified atom stereocenters. The number of hydrogen-bond acceptors (Lipinski definition) is 4. The van der Waals surface area contributed by atoms with Crippen LogP contribution in [0.25, 0.3) is 0 Å². The van der Waals surface area contributed by atoms with Crippen LogP contribution < -0.4 is 4.90 Å². The van der Waals surface area contributed by atoms with Gasteiger partial charge in [-0.2, -0.15) is 0 Å². The second kappa shape index (κ2) is 8.70. The monoisotopic (exact) mass is 433 g/mol. The minimum Gasteiger partial charge on any atom is -0.322 e. The number of amides is 3. The second-order valence-corrected chi connectivity index (χ2v) is 7.81. The molecule has 4 rings (SSSR count). The molecule has 1 saturated heterocycles. The van der Waals surface area contributed by atoms with Gasteiger partial charge in [-0.25, -0.2) is 4.90 Å². The normalized spacial score (nSPS) is 15.9. The third kappa shape index (κ3) is 4.20. The van der Waals surface area contributed by atoms with Crippen LogP contribution in [0, 0.1) is 6.92 Å². The van der Waals surface area contributed by atoms with E-state index in [1.807, 2.05) is 25.1 Å². The zero-order valence-corrected chi connectivity index (χ0v) is 17.6. The SMILES string of the molecule is Cc1ccccc1C(=O)N(Cc1cccnc1)C1CC(=O)N(c2ccc(Cl)cc2)C1=O. The van der Waals surface area contributed by atoms with Crippen molar-refractivity contribution in [3.05, 3.63) is 94.8 Å². The average molecular weight is 434 g/mol. The van der Waals surface area contributed by atoms with Crippen molar-refractivity contribution in [2.45, 2.75) is 25.9 Å². The van der Waals surface area contributed by atoms with Gasteiger partial charge in [0.1, 0.15) is 6.04 Å². The highest BCUT2D eigenvalue weighted by molar-refractivity contribution is 6.31. The van der Waals surface area contributed by atoms with Crippen molar-refractivity contribution in [2.75, 3.05) is 4.90 Å². The summed E-state index contributed by atoms with van der Waals surface area (Å²) in [6, 6.07) is 16.4. The van der Waals surface area contributed by atoms with Crippen LogP contribution in [0.4, 0.5) is 5.69 Å². The maximum atomic E-state index is 13.5. The number of pyridine rings is 1. The standard InChI is InChI=1S/C24H20ClN3O3/c1-16-5-2-3-7-20(16)23(30)27(15-17-6-4-12-26-14-17)21-13-22(29)28(24(21)31)19-10-8-18(25)9-11-19/h2-12,14,21H,13,15H2,1H3. The number of aryl methyl sites for hydroxylation is 1. The van der Waals surface area contributed by atoms with E-state index in [0.29, 0.717) is 16.3 Å². The van der Waals surface area contributed by atoms with Gasteiger partial charge in [-0.15, -0.1) is 0 Å². The lowest BCUT2D eigenvalue weighted by Gasteiger charge is -2.28. The van der Waals surface area contributed by atoms with Gasteiger partial charge in [-0.1, -0.05) is 35.9 Å². The smallest absolute Gasteiger partial charge is 0.257 e. The van der Waals surface area contributed by atoms with Gasteiger partial charge in [0.25, 0.3) is 11.8 Å². The predicted molar refractivity (Wildman–Crippen MR) is 118 cm³/mol. The molecule has 7 heteroatoms. The molecule has 1 fully saturated rings. The van der Waals surface area contributed by atoms with Gasteiger partial charge in [-0.05, 0) is 54.4 Å². The fraction of sp³-hybridized carbons (Fsp3) is 0.167. The summed E-state index contributed by atoms with van der Waals surface area (Å²) in [5, 5.41) is 0.507. The summed E-state index contributed by atoms with van der Waals surface area (Å²) in [6.07, 6.45) is 3.21. The number of hydrogen-bond donors (Lipinski definition) is 0. The molecule has 1 aromatic heterocycles. The molecule has 0 aliphatic carbocycles. The molecule has 0 saturated carbocycles. The molecule has 3 amide bonds. The van der Waals surface area contributed by atoms with Crippen molar-refractivity contribution in [3.63, 3.8) is 0 Å². The van der Waals surface area contributed by atoms with Crippen molar-refractivity contribution in [1.29, 1.82) is 0 Å². The second-order valence-electron chi connectivity index (χ2n) is 7.37. The van der Waals surface area contributed by atoms with Crippen LogP contribution in [-0.2, 0) is 16.1 Å². The fourth-order valence-electron chi connectivity index (χ4n) is 3.70. The van der Waals surface area contributed by atoms with Crippen LogP contribution in [0.2, 0.25) is 5.02 Å². The Hall–Kier alpha value is -3.51. The Labute approximate surface area is 185 Å². The van der Waals surface area contributed by atoms with Crippen molar-refractivity contribution in [3.8, 4) is 0 Å². The Morgan fingerprint density at radius 2 is 1.84 bits per heavy atom. The first-order valence-electron chi connectivity index (χ1n) is 9.83. The Balaban J connectivity index is 1.70. The first-order valence-corrected chi connectivity index (χ1v) is 10.2. The molecular formula is C24H20ClN3O3. The summed E-state index contributed by atoms with van der Waals surface area (Å²) in [6.45, 7) is 2.01. The molecule has 0 radical (unpaired) electrons. The van der Waals surface area contributed by atoms with Crippen LogP contribution in [0.3, 0.4) is 0 Å². The van der Waals surface area contributed by atoms with Gasteiger partial charge >= 0.3 is 0 Å². The topological polar surface area (TPSA) is 70.6 Å². The number of imide groups is 1. The Morgan fingerprint density at radius 1 is 1.10 bits per heavy atom. The van der Waals surface area contributed by atoms with Gasteiger partial charge in [0.2, 0.25) is 5.91 Å². The summed E-state index contributed by atoms with van der Waals surface area (Å²) >= 11 is 5.94. The van der Waals surface area contributed by atoms with Gasteiger partial charge in [0, 0.05) is 29.5 Å². The highest BCUT2D eigenvalue weighted by Crippen LogP contribution is 2.29. The lowest BCUT2D eigenvalue weighted by Crippen LogP contribution is -2.45. The Morgan fingerprint density at radius 3 is 2.52 bits per heavy atom. The van der Waals surface area contributed by atoms with Gasteiger partial charge in [0.05, 0.1) is 12.1 Å². The van der Waals surface area contributed by atoms with Crippen LogP contribution in [0.15, 0.2) is 73.1 Å². The number of benzene rings is 2. The van der Waals surface area contributed by atoms with E-state index >= 15 is 0 Å². The molecule has 0 N–H and O–H groups in total. The van der Waals surface area contributed by atoms with E-state index in [4.69, 9.17) is 11.6 Å². The van der Waals surface area contributed by atoms with E-state index in [1.165, 1.54) is 4.90 Å². The molecule has 0 bridgehead atoms. The minimum absolute atomic E-state index is 0.0840. The molecule has 31 heavy (non-hydrogen) atoms. The molecule has 3 aromatic rings. The summed E-state index contributed by atoms with van der Waals surface area (Å²) in [5.41, 5.74) is 2.51. The third-order valence-electron chi connectivity index (χ3n) is 5.30. The lowest BCUT2D eigenvalue weighted by molar-refractivity contribution is -0.122. The quantitative estimate of drug-likeness (QED) is 0.570. The first kappa shape index (κ1) is 20.8. The molecule has 1 aliphatic heterocycles. The molecule has 1 aliphatic rings. The number of halogens is 1. The molecule has 0 spiro atoms. The first-order chi connectivity index (χ1) is 15.0. The van der Waals surface area contributed by atoms with Gasteiger partial charge in [-0.3, -0.25) is 19.4 Å². The van der Waals surface area contributed by atoms with Crippen LogP contribution in [0.1, 0.15) is 27.9 Å². The van der Waals surface area contributed by atoms with Crippen LogP contribution >= 0.6 is 11.6 Å². The summed E-state index contributed by atoms with van der Waals surface area (Å²) in [7, 11) is 0. The molecule has 2 aromatic carbocycles. The largest absolute Gasteiger partial charge is 0.322 e. The number of aromatic nitrogens is 1. The Kier molecular flexibility index (Phi) is 5.82. The van der Waals surface area contributed by atoms with E-state index in [-0.39, 0.29) is 24.8 Å². The van der Waals surface area contributed by atoms with Gasteiger partial charge < -0.3 is 4.90 Å². The summed E-state index contributed by atoms with van der Waals surface area (Å²) in [5.74, 6) is -1.09. The number of carbonyl (C=O) groups excluding carboxylic acids is 3. The molecule has 6 nitrogen and oxygen atoms in total. The van der Waals surface area contributed by atoms with Crippen LogP contribution in [-0.4, -0.2) is 33.6 Å². The number of rotatable bonds is 5. The highest BCUT2D eigenvalue weighted by Gasteiger charge is 2.44. The van der Waals surface area contributed by atoms with E-state index in [9.17, 15) is 14.4 Å². The van der Waals surface area contributed by atoms with Crippen molar-refractivity contribution >= 4 is 35.0 Å². The van der Waals surface area contributed by atoms with E-state index < -0.39 is 11.9 Å². The lowest BCUT2D eigenvalue weighted by atomic mass is 10.1. The van der Waals surface area contributed by atoms with Crippen molar-refractivity contribution in [1.82, 2.24) is 9.88 Å². The predicted octanol–water partition coefficient (Wildman–Crippen LogP) is 4.02. The number of anilines is 1. The fourth-order valence-corrected chi connectivity index (χ4v) is 3.83. The maximum absolute atomic E-state index is 13.5. The minimum atomic E-state index is -0.907.